The maximum Gasteiger partial charge on any atom is 0.135 e. The highest BCUT2D eigenvalue weighted by Gasteiger charge is 2.15. The number of thiazole rings is 1. The van der Waals surface area contributed by atoms with E-state index in [4.69, 9.17) is 0 Å². The molecule has 0 aliphatic carbocycles. The molecule has 118 valence electrons. The number of allylic oxidation sites excluding steroid dienone is 1. The molecule has 0 unspecified atom stereocenters. The number of para-hydroxylation sites is 2. The Morgan fingerprint density at radius 1 is 1.08 bits per heavy atom. The summed E-state index contributed by atoms with van der Waals surface area (Å²) in [5, 5.41) is 10.4. The molecule has 1 aliphatic rings. The van der Waals surface area contributed by atoms with Gasteiger partial charge in [-0.25, -0.2) is 4.98 Å². The molecule has 24 heavy (non-hydrogen) atoms. The third kappa shape index (κ3) is 2.79. The number of hydrogen-bond acceptors (Lipinski definition) is 4. The minimum Gasteiger partial charge on any atom is -0.371 e. The molecule has 0 amide bonds. The van der Waals surface area contributed by atoms with Crippen molar-refractivity contribution in [2.75, 3.05) is 18.0 Å². The van der Waals surface area contributed by atoms with Crippen LogP contribution in [-0.2, 0) is 0 Å². The summed E-state index contributed by atoms with van der Waals surface area (Å²) in [7, 11) is 0. The van der Waals surface area contributed by atoms with Crippen molar-refractivity contribution in [3.8, 4) is 6.07 Å². The van der Waals surface area contributed by atoms with Crippen LogP contribution in [0.5, 0.6) is 0 Å². The molecule has 2 heterocycles. The number of hydrogen-bond donors (Lipinski definition) is 0. The molecule has 1 saturated heterocycles. The largest absolute Gasteiger partial charge is 0.371 e. The lowest BCUT2D eigenvalue weighted by Crippen LogP contribution is -2.18. The van der Waals surface area contributed by atoms with E-state index >= 15 is 0 Å². The Labute approximate surface area is 145 Å². The van der Waals surface area contributed by atoms with Crippen molar-refractivity contribution in [2.24, 2.45) is 0 Å². The summed E-state index contributed by atoms with van der Waals surface area (Å²) >= 11 is 1.57. The van der Waals surface area contributed by atoms with Gasteiger partial charge in [0.15, 0.2) is 0 Å². The summed E-state index contributed by atoms with van der Waals surface area (Å²) in [6, 6.07) is 18.7. The van der Waals surface area contributed by atoms with Crippen molar-refractivity contribution in [1.29, 1.82) is 5.26 Å². The van der Waals surface area contributed by atoms with E-state index in [-0.39, 0.29) is 0 Å². The zero-order chi connectivity index (χ0) is 16.4. The molecule has 0 N–H and O–H groups in total. The number of nitrogens with zero attached hydrogens (tertiary/aromatic N) is 3. The van der Waals surface area contributed by atoms with E-state index in [1.54, 1.807) is 11.3 Å². The summed E-state index contributed by atoms with van der Waals surface area (Å²) in [5.74, 6) is 0. The molecule has 0 saturated carbocycles. The van der Waals surface area contributed by atoms with Gasteiger partial charge < -0.3 is 4.90 Å². The van der Waals surface area contributed by atoms with Crippen molar-refractivity contribution in [2.45, 2.75) is 12.8 Å². The highest BCUT2D eigenvalue weighted by Crippen LogP contribution is 2.31. The topological polar surface area (TPSA) is 39.9 Å². The van der Waals surface area contributed by atoms with Crippen molar-refractivity contribution in [3.05, 3.63) is 59.1 Å². The molecule has 3 aromatic rings. The van der Waals surface area contributed by atoms with E-state index in [0.29, 0.717) is 5.57 Å². The summed E-state index contributed by atoms with van der Waals surface area (Å²) in [4.78, 5) is 7.02. The lowest BCUT2D eigenvalue weighted by molar-refractivity contribution is 0.949. The molecular weight excluding hydrogens is 314 g/mol. The Morgan fingerprint density at radius 2 is 1.83 bits per heavy atom. The van der Waals surface area contributed by atoms with Crippen LogP contribution in [0.4, 0.5) is 5.69 Å². The standard InChI is InChI=1S/C20H17N3S/c21-14-16(20-22-17-8-2-4-10-19(17)24-20)13-15-7-1-3-9-18(15)23-11-5-6-12-23/h1-4,7-10,13H,5-6,11-12H2. The minimum atomic E-state index is 0.628. The normalized spacial score (nSPS) is 15.0. The maximum atomic E-state index is 9.66. The van der Waals surface area contributed by atoms with Crippen LogP contribution >= 0.6 is 11.3 Å². The lowest BCUT2D eigenvalue weighted by atomic mass is 10.1. The van der Waals surface area contributed by atoms with Gasteiger partial charge in [0.25, 0.3) is 0 Å². The van der Waals surface area contributed by atoms with Crippen LogP contribution in [0.2, 0.25) is 0 Å². The molecule has 4 rings (SSSR count). The molecule has 0 spiro atoms. The molecule has 0 bridgehead atoms. The number of aromatic nitrogens is 1. The van der Waals surface area contributed by atoms with Gasteiger partial charge in [-0.1, -0.05) is 30.3 Å². The third-order valence-electron chi connectivity index (χ3n) is 4.33. The molecule has 1 aliphatic heterocycles. The first-order chi connectivity index (χ1) is 11.8. The first kappa shape index (κ1) is 14.9. The first-order valence-electron chi connectivity index (χ1n) is 8.17. The number of fused-ring (bicyclic) bond motifs is 1. The Hall–Kier alpha value is -2.64. The summed E-state index contributed by atoms with van der Waals surface area (Å²) in [6.07, 6.45) is 4.45. The second kappa shape index (κ2) is 6.46. The fourth-order valence-electron chi connectivity index (χ4n) is 3.14. The first-order valence-corrected chi connectivity index (χ1v) is 8.98. The van der Waals surface area contributed by atoms with E-state index in [1.807, 2.05) is 36.4 Å². The van der Waals surface area contributed by atoms with Gasteiger partial charge in [0.05, 0.1) is 15.8 Å². The highest BCUT2D eigenvalue weighted by atomic mass is 32.1. The molecule has 3 nitrogen and oxygen atoms in total. The van der Waals surface area contributed by atoms with Gasteiger partial charge in [-0.3, -0.25) is 0 Å². The number of nitriles is 1. The third-order valence-corrected chi connectivity index (χ3v) is 5.40. The fourth-order valence-corrected chi connectivity index (χ4v) is 4.07. The second-order valence-corrected chi connectivity index (χ2v) is 6.94. The lowest BCUT2D eigenvalue weighted by Gasteiger charge is -2.20. The van der Waals surface area contributed by atoms with E-state index in [9.17, 15) is 5.26 Å². The smallest absolute Gasteiger partial charge is 0.135 e. The van der Waals surface area contributed by atoms with Crippen LogP contribution in [0.1, 0.15) is 23.4 Å². The van der Waals surface area contributed by atoms with Gasteiger partial charge in [-0.05, 0) is 42.7 Å². The van der Waals surface area contributed by atoms with E-state index in [1.165, 1.54) is 18.5 Å². The van der Waals surface area contributed by atoms with Crippen LogP contribution in [-0.4, -0.2) is 18.1 Å². The molecule has 2 aromatic carbocycles. The van der Waals surface area contributed by atoms with E-state index < -0.39 is 0 Å². The second-order valence-electron chi connectivity index (χ2n) is 5.91. The van der Waals surface area contributed by atoms with Crippen LogP contribution in [0.25, 0.3) is 21.9 Å². The quantitative estimate of drug-likeness (QED) is 0.637. The maximum absolute atomic E-state index is 9.66. The van der Waals surface area contributed by atoms with Gasteiger partial charge in [0, 0.05) is 18.8 Å². The minimum absolute atomic E-state index is 0.628. The highest BCUT2D eigenvalue weighted by molar-refractivity contribution is 7.19. The SMILES string of the molecule is N#CC(=Cc1ccccc1N1CCCC1)c1nc2ccccc2s1. The van der Waals surface area contributed by atoms with Crippen LogP contribution < -0.4 is 4.90 Å². The average Bonchev–Trinajstić information content (AvgIpc) is 3.29. The van der Waals surface area contributed by atoms with Crippen molar-refractivity contribution in [3.63, 3.8) is 0 Å². The Balaban J connectivity index is 1.77. The number of anilines is 1. The Bertz CT molecular complexity index is 910. The van der Waals surface area contributed by atoms with Crippen molar-refractivity contribution in [1.82, 2.24) is 4.98 Å². The van der Waals surface area contributed by atoms with E-state index in [0.717, 1.165) is 33.9 Å². The van der Waals surface area contributed by atoms with Crippen LogP contribution in [0, 0.1) is 11.3 Å². The summed E-state index contributed by atoms with van der Waals surface area (Å²) in [6.45, 7) is 2.18. The van der Waals surface area contributed by atoms with Crippen molar-refractivity contribution < 1.29 is 0 Å². The zero-order valence-corrected chi connectivity index (χ0v) is 14.1. The van der Waals surface area contributed by atoms with Gasteiger partial charge in [-0.15, -0.1) is 11.3 Å². The molecule has 0 radical (unpaired) electrons. The zero-order valence-electron chi connectivity index (χ0n) is 13.3. The molecule has 0 atom stereocenters. The number of benzene rings is 2. The van der Waals surface area contributed by atoms with Gasteiger partial charge >= 0.3 is 0 Å². The molecule has 1 fully saturated rings. The van der Waals surface area contributed by atoms with Gasteiger partial charge in [0.2, 0.25) is 0 Å². The van der Waals surface area contributed by atoms with Gasteiger partial charge in [0.1, 0.15) is 11.1 Å². The fraction of sp³-hybridized carbons (Fsp3) is 0.200. The Kier molecular flexibility index (Phi) is 4.02. The predicted molar refractivity (Wildman–Crippen MR) is 101 cm³/mol. The van der Waals surface area contributed by atoms with Crippen molar-refractivity contribution >= 4 is 38.9 Å². The average molecular weight is 331 g/mol. The molecule has 4 heteroatoms. The van der Waals surface area contributed by atoms with E-state index in [2.05, 4.69) is 34.2 Å². The monoisotopic (exact) mass is 331 g/mol. The molecular formula is C20H17N3S. The summed E-state index contributed by atoms with van der Waals surface area (Å²) < 4.78 is 1.11. The van der Waals surface area contributed by atoms with Crippen LogP contribution in [0.3, 0.4) is 0 Å². The summed E-state index contributed by atoms with van der Waals surface area (Å²) in [5.41, 5.74) is 3.88. The number of rotatable bonds is 3. The Morgan fingerprint density at radius 3 is 2.62 bits per heavy atom. The molecule has 1 aromatic heterocycles. The van der Waals surface area contributed by atoms with Crippen LogP contribution in [0.15, 0.2) is 48.5 Å². The van der Waals surface area contributed by atoms with Gasteiger partial charge in [-0.2, -0.15) is 5.26 Å². The predicted octanol–water partition coefficient (Wildman–Crippen LogP) is 4.96.